The summed E-state index contributed by atoms with van der Waals surface area (Å²) in [4.78, 5) is 40.2. The number of nitrogens with one attached hydrogen (secondary N) is 2. The van der Waals surface area contributed by atoms with Crippen molar-refractivity contribution >= 4 is 28.0 Å². The van der Waals surface area contributed by atoms with Crippen molar-refractivity contribution in [2.24, 2.45) is 0 Å². The number of hydrogen-bond donors (Lipinski definition) is 2. The molecule has 2 amide bonds. The first-order valence-electron chi connectivity index (χ1n) is 13.0. The van der Waals surface area contributed by atoms with Crippen LogP contribution >= 0.6 is 0 Å². The molecule has 0 aliphatic carbocycles. The Balaban J connectivity index is 1.46. The van der Waals surface area contributed by atoms with Gasteiger partial charge in [0.15, 0.2) is 0 Å². The van der Waals surface area contributed by atoms with E-state index in [1.54, 1.807) is 12.1 Å². The van der Waals surface area contributed by atoms with Gasteiger partial charge in [0, 0.05) is 25.2 Å². The van der Waals surface area contributed by atoms with Crippen molar-refractivity contribution in [3.05, 3.63) is 89.6 Å². The summed E-state index contributed by atoms with van der Waals surface area (Å²) < 4.78 is 37.5. The fourth-order valence-corrected chi connectivity index (χ4v) is 4.66. The molecule has 40 heavy (non-hydrogen) atoms. The third kappa shape index (κ3) is 9.49. The minimum Gasteiger partial charge on any atom is -0.431 e. The summed E-state index contributed by atoms with van der Waals surface area (Å²) in [5.41, 5.74) is 1.89. The van der Waals surface area contributed by atoms with Crippen molar-refractivity contribution in [2.75, 3.05) is 6.54 Å². The van der Waals surface area contributed by atoms with Gasteiger partial charge in [-0.3, -0.25) is 9.59 Å². The van der Waals surface area contributed by atoms with Crippen LogP contribution < -0.4 is 14.8 Å². The topological polar surface area (TPSA) is 141 Å². The molecule has 0 radical (unpaired) electrons. The van der Waals surface area contributed by atoms with Gasteiger partial charge < -0.3 is 14.8 Å². The van der Waals surface area contributed by atoms with E-state index >= 15 is 0 Å². The first-order chi connectivity index (χ1) is 19.2. The highest BCUT2D eigenvalue weighted by Gasteiger charge is 2.20. The smallest absolute Gasteiger partial charge is 0.431 e. The van der Waals surface area contributed by atoms with Crippen molar-refractivity contribution in [3.63, 3.8) is 0 Å². The first kappa shape index (κ1) is 30.3. The number of carbonyl (C=O) groups is 3. The maximum Gasteiger partial charge on any atom is 0.515 e. The number of pyridine rings is 1. The maximum atomic E-state index is 12.7. The Bertz CT molecular complexity index is 1370. The van der Waals surface area contributed by atoms with E-state index in [-0.39, 0.29) is 28.4 Å². The predicted molar refractivity (Wildman–Crippen MR) is 148 cm³/mol. The zero-order valence-electron chi connectivity index (χ0n) is 22.5. The van der Waals surface area contributed by atoms with Crippen LogP contribution in [0.25, 0.3) is 0 Å². The number of amides is 2. The number of benzene rings is 2. The lowest BCUT2D eigenvalue weighted by atomic mass is 10.1. The molecule has 0 unspecified atom stereocenters. The monoisotopic (exact) mass is 567 g/mol. The SMILES string of the molecule is CCC(CC)OC(=O)Oc1ccc(C(=O)NS(=O)(=O)c2ccc(CCNC(=O)CCc3ccccc3)cc2)cn1. The Hall–Kier alpha value is -4.25. The normalized spacial score (nSPS) is 11.1. The molecule has 0 saturated heterocycles. The second-order valence-electron chi connectivity index (χ2n) is 8.96. The molecule has 2 aromatic carbocycles. The lowest BCUT2D eigenvalue weighted by Gasteiger charge is -2.13. The molecular formula is C29H33N3O7S. The molecule has 0 aliphatic heterocycles. The van der Waals surface area contributed by atoms with Gasteiger partial charge in [-0.15, -0.1) is 0 Å². The summed E-state index contributed by atoms with van der Waals surface area (Å²) in [7, 11) is -4.14. The molecule has 10 nitrogen and oxygen atoms in total. The van der Waals surface area contributed by atoms with E-state index in [2.05, 4.69) is 10.3 Å². The standard InChI is InChI=1S/C29H33N3O7S/c1-3-24(4-2)38-29(35)39-27-17-13-23(20-31-27)28(34)32-40(36,37)25-14-10-22(11-15-25)18-19-30-26(33)16-12-21-8-6-5-7-9-21/h5-11,13-15,17,20,24H,3-4,12,16,18-19H2,1-2H3,(H,30,33)(H,32,34). The van der Waals surface area contributed by atoms with Crippen molar-refractivity contribution in [3.8, 4) is 5.88 Å². The average Bonchev–Trinajstić information content (AvgIpc) is 2.95. The van der Waals surface area contributed by atoms with Gasteiger partial charge in [0.1, 0.15) is 6.10 Å². The Morgan fingerprint density at radius 1 is 0.875 bits per heavy atom. The molecule has 11 heteroatoms. The molecule has 1 heterocycles. The first-order valence-corrected chi connectivity index (χ1v) is 14.5. The van der Waals surface area contributed by atoms with Gasteiger partial charge in [-0.2, -0.15) is 0 Å². The van der Waals surface area contributed by atoms with Gasteiger partial charge in [-0.05, 0) is 55.0 Å². The van der Waals surface area contributed by atoms with Gasteiger partial charge >= 0.3 is 6.16 Å². The minimum atomic E-state index is -4.14. The van der Waals surface area contributed by atoms with Crippen LogP contribution in [0.1, 0.15) is 54.6 Å². The Morgan fingerprint density at radius 2 is 1.55 bits per heavy atom. The molecule has 212 valence electrons. The highest BCUT2D eigenvalue weighted by Crippen LogP contribution is 2.14. The van der Waals surface area contributed by atoms with Crippen LogP contribution in [0.3, 0.4) is 0 Å². The number of nitrogens with zero attached hydrogens (tertiary/aromatic N) is 1. The number of ether oxygens (including phenoxy) is 2. The second-order valence-corrected chi connectivity index (χ2v) is 10.6. The number of aryl methyl sites for hydroxylation is 1. The lowest BCUT2D eigenvalue weighted by Crippen LogP contribution is -2.30. The van der Waals surface area contributed by atoms with Crippen molar-refractivity contribution in [1.82, 2.24) is 15.0 Å². The fourth-order valence-electron chi connectivity index (χ4n) is 3.69. The van der Waals surface area contributed by atoms with Crippen LogP contribution in [0.5, 0.6) is 5.88 Å². The quantitative estimate of drug-likeness (QED) is 0.293. The van der Waals surface area contributed by atoms with Gasteiger partial charge in [0.05, 0.1) is 10.5 Å². The number of hydrogen-bond acceptors (Lipinski definition) is 8. The van der Waals surface area contributed by atoms with E-state index in [1.165, 1.54) is 24.3 Å². The molecule has 0 atom stereocenters. The molecule has 3 rings (SSSR count). The molecule has 0 fully saturated rings. The fraction of sp³-hybridized carbons (Fsp3) is 0.310. The van der Waals surface area contributed by atoms with Gasteiger partial charge in [-0.1, -0.05) is 56.3 Å². The number of aromatic nitrogens is 1. The maximum absolute atomic E-state index is 12.7. The van der Waals surface area contributed by atoms with Crippen molar-refractivity contribution < 1.29 is 32.3 Å². The van der Waals surface area contributed by atoms with E-state index in [0.29, 0.717) is 38.6 Å². The van der Waals surface area contributed by atoms with Crippen LogP contribution in [0.15, 0.2) is 77.8 Å². The summed E-state index contributed by atoms with van der Waals surface area (Å²) in [6.07, 6.45) is 2.77. The molecule has 0 spiro atoms. The molecular weight excluding hydrogens is 534 g/mol. The van der Waals surface area contributed by atoms with E-state index in [4.69, 9.17) is 9.47 Å². The van der Waals surface area contributed by atoms with Crippen molar-refractivity contribution in [2.45, 2.75) is 57.0 Å². The third-order valence-corrected chi connectivity index (χ3v) is 7.39. The minimum absolute atomic E-state index is 0.0380. The summed E-state index contributed by atoms with van der Waals surface area (Å²) in [5.74, 6) is -1.03. The van der Waals surface area contributed by atoms with Gasteiger partial charge in [0.2, 0.25) is 11.8 Å². The lowest BCUT2D eigenvalue weighted by molar-refractivity contribution is -0.121. The third-order valence-electron chi connectivity index (χ3n) is 6.04. The predicted octanol–water partition coefficient (Wildman–Crippen LogP) is 4.20. The van der Waals surface area contributed by atoms with Crippen molar-refractivity contribution in [1.29, 1.82) is 0 Å². The zero-order chi connectivity index (χ0) is 29.0. The summed E-state index contributed by atoms with van der Waals surface area (Å²) in [6, 6.07) is 18.3. The van der Waals surface area contributed by atoms with E-state index in [9.17, 15) is 22.8 Å². The summed E-state index contributed by atoms with van der Waals surface area (Å²) in [6.45, 7) is 4.18. The molecule has 3 aromatic rings. The average molecular weight is 568 g/mol. The highest BCUT2D eigenvalue weighted by atomic mass is 32.2. The van der Waals surface area contributed by atoms with Crippen LogP contribution in [0.4, 0.5) is 4.79 Å². The Kier molecular flexibility index (Phi) is 11.2. The molecule has 2 N–H and O–H groups in total. The number of carbonyl (C=O) groups excluding carboxylic acids is 3. The highest BCUT2D eigenvalue weighted by molar-refractivity contribution is 7.90. The van der Waals surface area contributed by atoms with E-state index in [1.807, 2.05) is 48.9 Å². The van der Waals surface area contributed by atoms with Crippen LogP contribution in [-0.2, 0) is 32.4 Å². The van der Waals surface area contributed by atoms with Crippen LogP contribution in [-0.4, -0.2) is 44.0 Å². The Labute approximate surface area is 234 Å². The second kappa shape index (κ2) is 14.8. The summed E-state index contributed by atoms with van der Waals surface area (Å²) >= 11 is 0. The molecule has 1 aromatic heterocycles. The largest absolute Gasteiger partial charge is 0.515 e. The zero-order valence-corrected chi connectivity index (χ0v) is 23.3. The molecule has 0 bridgehead atoms. The van der Waals surface area contributed by atoms with Gasteiger partial charge in [-0.25, -0.2) is 22.9 Å². The molecule has 0 aliphatic rings. The van der Waals surface area contributed by atoms with Crippen LogP contribution in [0.2, 0.25) is 0 Å². The number of sulfonamides is 1. The van der Waals surface area contributed by atoms with Gasteiger partial charge in [0.25, 0.3) is 15.9 Å². The summed E-state index contributed by atoms with van der Waals surface area (Å²) in [5, 5.41) is 2.86. The molecule has 0 saturated carbocycles. The van der Waals surface area contributed by atoms with E-state index < -0.39 is 22.1 Å². The number of rotatable bonds is 13. The Morgan fingerprint density at radius 3 is 2.17 bits per heavy atom. The van der Waals surface area contributed by atoms with E-state index in [0.717, 1.165) is 17.3 Å². The van der Waals surface area contributed by atoms with Crippen LogP contribution in [0, 0.1) is 0 Å².